The maximum absolute atomic E-state index is 11.6. The van der Waals surface area contributed by atoms with Crippen LogP contribution in [0.25, 0.3) is 0 Å². The van der Waals surface area contributed by atoms with Gasteiger partial charge in [0, 0.05) is 12.0 Å². The van der Waals surface area contributed by atoms with Gasteiger partial charge in [0.15, 0.2) is 0 Å². The summed E-state index contributed by atoms with van der Waals surface area (Å²) in [6.45, 7) is 8.45. The third-order valence-corrected chi connectivity index (χ3v) is 3.59. The highest BCUT2D eigenvalue weighted by molar-refractivity contribution is 5.93. The lowest BCUT2D eigenvalue weighted by Crippen LogP contribution is -2.44. The molecule has 0 bridgehead atoms. The number of hydrogen-bond acceptors (Lipinski definition) is 5. The van der Waals surface area contributed by atoms with Gasteiger partial charge in [-0.3, -0.25) is 15.0 Å². The quantitative estimate of drug-likeness (QED) is 0.243. The molecule has 0 heterocycles. The number of aliphatic carboxylic acids is 2. The van der Waals surface area contributed by atoms with E-state index in [0.717, 1.165) is 19.3 Å². The zero-order chi connectivity index (χ0) is 21.0. The Hall–Kier alpha value is -2.58. The van der Waals surface area contributed by atoms with Crippen LogP contribution < -0.4 is 10.9 Å². The van der Waals surface area contributed by atoms with E-state index in [4.69, 9.17) is 14.9 Å². The van der Waals surface area contributed by atoms with Crippen LogP contribution >= 0.6 is 0 Å². The smallest absolute Gasteiger partial charge is 0.426 e. The van der Waals surface area contributed by atoms with Crippen LogP contribution in [0.15, 0.2) is 12.2 Å². The van der Waals surface area contributed by atoms with E-state index < -0.39 is 29.6 Å². The average molecular weight is 386 g/mol. The van der Waals surface area contributed by atoms with E-state index in [1.54, 1.807) is 20.8 Å². The van der Waals surface area contributed by atoms with Crippen molar-refractivity contribution in [2.45, 2.75) is 71.3 Å². The predicted octanol–water partition coefficient (Wildman–Crippen LogP) is 2.61. The number of carbonyl (C=O) groups excluding carboxylic acids is 2. The first-order valence-corrected chi connectivity index (χ1v) is 8.86. The molecular weight excluding hydrogens is 356 g/mol. The maximum atomic E-state index is 11.6. The van der Waals surface area contributed by atoms with Gasteiger partial charge in [-0.05, 0) is 33.6 Å². The number of unbranched alkanes of at least 4 members (excludes halogenated alkanes) is 4. The fourth-order valence-electron chi connectivity index (χ4n) is 2.25. The van der Waals surface area contributed by atoms with Gasteiger partial charge in [-0.2, -0.15) is 0 Å². The lowest BCUT2D eigenvalue weighted by Gasteiger charge is -2.19. The van der Waals surface area contributed by atoms with Gasteiger partial charge in [-0.25, -0.2) is 15.0 Å². The third kappa shape index (κ3) is 12.4. The van der Waals surface area contributed by atoms with Gasteiger partial charge in [-0.1, -0.05) is 32.3 Å². The maximum Gasteiger partial charge on any atom is 0.426 e. The van der Waals surface area contributed by atoms with E-state index >= 15 is 0 Å². The Morgan fingerprint density at radius 2 is 1.52 bits per heavy atom. The van der Waals surface area contributed by atoms with Crippen molar-refractivity contribution in [3.63, 3.8) is 0 Å². The lowest BCUT2D eigenvalue weighted by molar-refractivity contribution is -0.144. The predicted molar refractivity (Wildman–Crippen MR) is 97.7 cm³/mol. The van der Waals surface area contributed by atoms with Gasteiger partial charge in [0.05, 0.1) is 5.92 Å². The zero-order valence-electron chi connectivity index (χ0n) is 16.2. The van der Waals surface area contributed by atoms with Crippen LogP contribution in [0, 0.1) is 5.92 Å². The fraction of sp³-hybridized carbons (Fsp3) is 0.667. The van der Waals surface area contributed by atoms with Gasteiger partial charge in [0.1, 0.15) is 5.60 Å². The van der Waals surface area contributed by atoms with Crippen molar-refractivity contribution < 1.29 is 34.1 Å². The Morgan fingerprint density at radius 1 is 0.963 bits per heavy atom. The first-order valence-electron chi connectivity index (χ1n) is 8.86. The molecule has 0 spiro atoms. The standard InChI is InChI=1S/C18H30N2O7/c1-12(15(22)23)13(16(24)25)10-8-6-5-7-9-11-14(21)19-20-17(26)27-18(2,3)4/h13H,1,5-11H2,2-4H3,(H,19,21)(H,20,26)(H,22,23)(H,24,25). The third-order valence-electron chi connectivity index (χ3n) is 3.59. The number of rotatable bonds is 11. The van der Waals surface area contributed by atoms with Crippen LogP contribution in [-0.2, 0) is 19.1 Å². The van der Waals surface area contributed by atoms with Crippen molar-refractivity contribution in [3.05, 3.63) is 12.2 Å². The van der Waals surface area contributed by atoms with Gasteiger partial charge < -0.3 is 14.9 Å². The minimum atomic E-state index is -1.30. The largest absolute Gasteiger partial charge is 0.481 e. The molecule has 0 radical (unpaired) electrons. The second-order valence-corrected chi connectivity index (χ2v) is 7.20. The van der Waals surface area contributed by atoms with Crippen LogP contribution in [0.1, 0.15) is 65.7 Å². The number of carboxylic acids is 2. The molecule has 0 aromatic heterocycles. The molecule has 1 unspecified atom stereocenters. The highest BCUT2D eigenvalue weighted by Crippen LogP contribution is 2.19. The SMILES string of the molecule is C=C(C(=O)O)C(CCCCCCCC(=O)NNC(=O)OC(C)(C)C)C(=O)O. The van der Waals surface area contributed by atoms with Gasteiger partial charge >= 0.3 is 18.0 Å². The minimum absolute atomic E-state index is 0.223. The van der Waals surface area contributed by atoms with Gasteiger partial charge in [0.2, 0.25) is 5.91 Å². The van der Waals surface area contributed by atoms with E-state index in [1.807, 2.05) is 0 Å². The summed E-state index contributed by atoms with van der Waals surface area (Å²) in [7, 11) is 0. The minimum Gasteiger partial charge on any atom is -0.481 e. The summed E-state index contributed by atoms with van der Waals surface area (Å²) in [6, 6.07) is 0. The van der Waals surface area contributed by atoms with Crippen molar-refractivity contribution in [2.24, 2.45) is 5.92 Å². The fourth-order valence-corrected chi connectivity index (χ4v) is 2.25. The number of hydrogen-bond donors (Lipinski definition) is 4. The molecule has 0 saturated carbocycles. The van der Waals surface area contributed by atoms with Crippen molar-refractivity contribution in [2.75, 3.05) is 0 Å². The number of carbonyl (C=O) groups is 4. The molecule has 0 saturated heterocycles. The summed E-state index contributed by atoms with van der Waals surface area (Å²) in [4.78, 5) is 44.8. The highest BCUT2D eigenvalue weighted by atomic mass is 16.6. The Kier molecular flexibility index (Phi) is 10.8. The molecule has 0 aliphatic heterocycles. The van der Waals surface area contributed by atoms with Crippen molar-refractivity contribution in [1.82, 2.24) is 10.9 Å². The van der Waals surface area contributed by atoms with Crippen LogP contribution in [0.2, 0.25) is 0 Å². The lowest BCUT2D eigenvalue weighted by atomic mass is 9.94. The summed E-state index contributed by atoms with van der Waals surface area (Å²) >= 11 is 0. The van der Waals surface area contributed by atoms with Gasteiger partial charge in [0.25, 0.3) is 0 Å². The molecule has 0 fully saturated rings. The zero-order valence-corrected chi connectivity index (χ0v) is 16.2. The van der Waals surface area contributed by atoms with Crippen molar-refractivity contribution >= 4 is 23.9 Å². The first kappa shape index (κ1) is 24.4. The number of nitrogens with one attached hydrogen (secondary N) is 2. The van der Waals surface area contributed by atoms with Crippen LogP contribution in [-0.4, -0.2) is 39.8 Å². The monoisotopic (exact) mass is 386 g/mol. The summed E-state index contributed by atoms with van der Waals surface area (Å²) in [5.74, 6) is -3.89. The molecule has 4 N–H and O–H groups in total. The van der Waals surface area contributed by atoms with E-state index in [-0.39, 0.29) is 24.3 Å². The Labute approximate surface area is 159 Å². The Bertz CT molecular complexity index is 552. The molecule has 0 aliphatic carbocycles. The molecule has 1 atom stereocenters. The number of amides is 2. The molecule has 0 rings (SSSR count). The molecule has 0 aliphatic rings. The molecule has 27 heavy (non-hydrogen) atoms. The molecule has 9 nitrogen and oxygen atoms in total. The van der Waals surface area contributed by atoms with E-state index in [2.05, 4.69) is 17.4 Å². The number of carboxylic acid groups (broad SMARTS) is 2. The molecule has 0 aromatic rings. The summed E-state index contributed by atoms with van der Waals surface area (Å²) < 4.78 is 4.98. The van der Waals surface area contributed by atoms with Crippen LogP contribution in [0.3, 0.4) is 0 Å². The molecular formula is C18H30N2O7. The number of ether oxygens (including phenoxy) is 1. The Balaban J connectivity index is 3.83. The number of hydrazine groups is 1. The van der Waals surface area contributed by atoms with Crippen molar-refractivity contribution in [3.8, 4) is 0 Å². The van der Waals surface area contributed by atoms with E-state index in [0.29, 0.717) is 12.8 Å². The second kappa shape index (κ2) is 11.9. The van der Waals surface area contributed by atoms with E-state index in [9.17, 15) is 19.2 Å². The highest BCUT2D eigenvalue weighted by Gasteiger charge is 2.24. The van der Waals surface area contributed by atoms with Gasteiger partial charge in [-0.15, -0.1) is 0 Å². The van der Waals surface area contributed by atoms with Crippen LogP contribution in [0.4, 0.5) is 4.79 Å². The summed E-state index contributed by atoms with van der Waals surface area (Å²) in [5.41, 5.74) is 3.48. The average Bonchev–Trinajstić information content (AvgIpc) is 2.52. The van der Waals surface area contributed by atoms with E-state index in [1.165, 1.54) is 0 Å². The second-order valence-electron chi connectivity index (χ2n) is 7.20. The normalized spacial score (nSPS) is 12.0. The molecule has 0 aromatic carbocycles. The summed E-state index contributed by atoms with van der Waals surface area (Å²) in [6.07, 6.45) is 3.20. The molecule has 9 heteroatoms. The molecule has 154 valence electrons. The first-order chi connectivity index (χ1) is 12.4. The molecule has 2 amide bonds. The summed E-state index contributed by atoms with van der Waals surface area (Å²) in [5, 5.41) is 17.9. The van der Waals surface area contributed by atoms with Crippen molar-refractivity contribution in [1.29, 1.82) is 0 Å². The van der Waals surface area contributed by atoms with Crippen LogP contribution in [0.5, 0.6) is 0 Å². The topological polar surface area (TPSA) is 142 Å². The Morgan fingerprint density at radius 3 is 2.04 bits per heavy atom.